The number of nitrogens with zero attached hydrogens (tertiary/aromatic N) is 1. The highest BCUT2D eigenvalue weighted by Gasteiger charge is 2.18. The highest BCUT2D eigenvalue weighted by molar-refractivity contribution is 6.17. The van der Waals surface area contributed by atoms with Crippen molar-refractivity contribution in [3.05, 3.63) is 64.6 Å². The van der Waals surface area contributed by atoms with E-state index in [9.17, 15) is 4.79 Å². The van der Waals surface area contributed by atoms with Gasteiger partial charge < -0.3 is 9.32 Å². The first-order valence-electron chi connectivity index (χ1n) is 7.14. The summed E-state index contributed by atoms with van der Waals surface area (Å²) in [6.45, 7) is 4.37. The molecule has 0 unspecified atom stereocenters. The van der Waals surface area contributed by atoms with Crippen molar-refractivity contribution in [3.8, 4) is 0 Å². The van der Waals surface area contributed by atoms with Gasteiger partial charge in [-0.15, -0.1) is 11.6 Å². The van der Waals surface area contributed by atoms with E-state index in [0.717, 1.165) is 16.7 Å². The SMILES string of the molecule is C/C(=C\c1ccccc1)CN(C)C(=O)c1cc(CCl)c(C)o1. The van der Waals surface area contributed by atoms with Crippen molar-refractivity contribution >= 4 is 23.6 Å². The first kappa shape index (κ1) is 16.4. The van der Waals surface area contributed by atoms with Crippen molar-refractivity contribution in [3.63, 3.8) is 0 Å². The summed E-state index contributed by atoms with van der Waals surface area (Å²) in [6.07, 6.45) is 2.07. The number of carbonyl (C=O) groups is 1. The van der Waals surface area contributed by atoms with Gasteiger partial charge in [-0.3, -0.25) is 4.79 Å². The van der Waals surface area contributed by atoms with E-state index in [-0.39, 0.29) is 5.91 Å². The number of likely N-dealkylation sites (N-methyl/N-ethyl adjacent to an activating group) is 1. The Morgan fingerprint density at radius 1 is 1.32 bits per heavy atom. The summed E-state index contributed by atoms with van der Waals surface area (Å²) in [6, 6.07) is 11.8. The third-order valence-corrected chi connectivity index (χ3v) is 3.71. The summed E-state index contributed by atoms with van der Waals surface area (Å²) >= 11 is 5.81. The molecule has 0 aliphatic heterocycles. The standard InChI is InChI=1S/C18H20ClNO2/c1-13(9-15-7-5-4-6-8-15)12-20(3)18(21)17-10-16(11-19)14(2)22-17/h4-10H,11-12H2,1-3H3/b13-9+. The van der Waals surface area contributed by atoms with Crippen LogP contribution in [-0.2, 0) is 5.88 Å². The Morgan fingerprint density at radius 2 is 2.00 bits per heavy atom. The minimum atomic E-state index is -0.139. The van der Waals surface area contributed by atoms with Crippen molar-refractivity contribution in [1.29, 1.82) is 0 Å². The van der Waals surface area contributed by atoms with Gasteiger partial charge in [-0.05, 0) is 25.5 Å². The fraction of sp³-hybridized carbons (Fsp3) is 0.278. The Kier molecular flexibility index (Phi) is 5.45. The number of amides is 1. The van der Waals surface area contributed by atoms with Crippen LogP contribution in [0, 0.1) is 6.92 Å². The molecule has 1 aromatic heterocycles. The lowest BCUT2D eigenvalue weighted by atomic mass is 10.1. The topological polar surface area (TPSA) is 33.5 Å². The number of carbonyl (C=O) groups excluding carboxylic acids is 1. The third-order valence-electron chi connectivity index (χ3n) is 3.42. The van der Waals surface area contributed by atoms with Gasteiger partial charge in [-0.25, -0.2) is 0 Å². The van der Waals surface area contributed by atoms with E-state index in [1.807, 2.05) is 44.2 Å². The van der Waals surface area contributed by atoms with E-state index in [1.165, 1.54) is 0 Å². The zero-order chi connectivity index (χ0) is 16.1. The molecule has 1 aromatic carbocycles. The number of benzene rings is 1. The molecule has 1 heterocycles. The minimum Gasteiger partial charge on any atom is -0.456 e. The number of halogens is 1. The molecule has 2 aromatic rings. The second kappa shape index (κ2) is 7.32. The van der Waals surface area contributed by atoms with Crippen LogP contribution in [0.2, 0.25) is 0 Å². The molecule has 0 saturated carbocycles. The highest BCUT2D eigenvalue weighted by Crippen LogP contribution is 2.18. The van der Waals surface area contributed by atoms with Gasteiger partial charge in [0, 0.05) is 19.2 Å². The lowest BCUT2D eigenvalue weighted by molar-refractivity contribution is 0.0774. The Balaban J connectivity index is 2.06. The van der Waals surface area contributed by atoms with Gasteiger partial charge in [-0.1, -0.05) is 42.0 Å². The second-order valence-corrected chi connectivity index (χ2v) is 5.66. The smallest absolute Gasteiger partial charge is 0.289 e. The van der Waals surface area contributed by atoms with Crippen LogP contribution in [0.5, 0.6) is 0 Å². The summed E-state index contributed by atoms with van der Waals surface area (Å²) in [5.41, 5.74) is 3.08. The molecule has 0 aliphatic rings. The van der Waals surface area contributed by atoms with Gasteiger partial charge >= 0.3 is 0 Å². The van der Waals surface area contributed by atoms with E-state index in [0.29, 0.717) is 23.9 Å². The zero-order valence-corrected chi connectivity index (χ0v) is 13.9. The average Bonchev–Trinajstić information content (AvgIpc) is 2.88. The fourth-order valence-corrected chi connectivity index (χ4v) is 2.54. The Morgan fingerprint density at radius 3 is 2.59 bits per heavy atom. The number of furan rings is 1. The largest absolute Gasteiger partial charge is 0.456 e. The lowest BCUT2D eigenvalue weighted by Crippen LogP contribution is -2.27. The molecule has 22 heavy (non-hydrogen) atoms. The predicted molar refractivity (Wildman–Crippen MR) is 90.1 cm³/mol. The van der Waals surface area contributed by atoms with Crippen LogP contribution in [0.25, 0.3) is 6.08 Å². The minimum absolute atomic E-state index is 0.139. The highest BCUT2D eigenvalue weighted by atomic mass is 35.5. The van der Waals surface area contributed by atoms with E-state index in [2.05, 4.69) is 6.08 Å². The summed E-state index contributed by atoms with van der Waals surface area (Å²) in [5.74, 6) is 1.24. The molecule has 3 nitrogen and oxygen atoms in total. The van der Waals surface area contributed by atoms with E-state index >= 15 is 0 Å². The molecule has 0 aliphatic carbocycles. The summed E-state index contributed by atoms with van der Waals surface area (Å²) in [5, 5.41) is 0. The maximum atomic E-state index is 12.4. The quantitative estimate of drug-likeness (QED) is 0.761. The second-order valence-electron chi connectivity index (χ2n) is 5.39. The van der Waals surface area contributed by atoms with Gasteiger partial charge in [0.1, 0.15) is 5.76 Å². The van der Waals surface area contributed by atoms with Crippen LogP contribution in [0.1, 0.15) is 34.4 Å². The van der Waals surface area contributed by atoms with Crippen molar-refractivity contribution in [2.75, 3.05) is 13.6 Å². The van der Waals surface area contributed by atoms with E-state index in [1.54, 1.807) is 18.0 Å². The van der Waals surface area contributed by atoms with Crippen LogP contribution < -0.4 is 0 Å². The maximum Gasteiger partial charge on any atom is 0.289 e. The normalized spacial score (nSPS) is 11.5. The Labute approximate surface area is 136 Å². The number of hydrogen-bond acceptors (Lipinski definition) is 2. The van der Waals surface area contributed by atoms with Gasteiger partial charge in [0.05, 0.1) is 5.88 Å². The van der Waals surface area contributed by atoms with Crippen LogP contribution in [0.3, 0.4) is 0 Å². The molecular formula is C18H20ClNO2. The molecule has 0 atom stereocenters. The van der Waals surface area contributed by atoms with Crippen LogP contribution >= 0.6 is 11.6 Å². The monoisotopic (exact) mass is 317 g/mol. The van der Waals surface area contributed by atoms with Crippen molar-refractivity contribution in [2.24, 2.45) is 0 Å². The van der Waals surface area contributed by atoms with Crippen LogP contribution in [0.4, 0.5) is 0 Å². The maximum absolute atomic E-state index is 12.4. The summed E-state index contributed by atoms with van der Waals surface area (Å²) < 4.78 is 5.49. The Bertz CT molecular complexity index is 674. The number of hydrogen-bond donors (Lipinski definition) is 0. The van der Waals surface area contributed by atoms with Gasteiger partial charge in [-0.2, -0.15) is 0 Å². The first-order chi connectivity index (χ1) is 10.5. The van der Waals surface area contributed by atoms with Crippen LogP contribution in [0.15, 0.2) is 46.4 Å². The third kappa shape index (κ3) is 4.01. The van der Waals surface area contributed by atoms with Crippen molar-refractivity contribution in [1.82, 2.24) is 4.90 Å². The lowest BCUT2D eigenvalue weighted by Gasteiger charge is -2.16. The van der Waals surface area contributed by atoms with Gasteiger partial charge in [0.2, 0.25) is 0 Å². The molecule has 0 N–H and O–H groups in total. The van der Waals surface area contributed by atoms with Gasteiger partial charge in [0.15, 0.2) is 5.76 Å². The number of alkyl halides is 1. The number of aryl methyl sites for hydroxylation is 1. The predicted octanol–water partition coefficient (Wildman–Crippen LogP) is 4.50. The molecule has 0 fully saturated rings. The molecule has 0 spiro atoms. The van der Waals surface area contributed by atoms with Crippen LogP contribution in [-0.4, -0.2) is 24.4 Å². The Hall–Kier alpha value is -2.00. The van der Waals surface area contributed by atoms with E-state index < -0.39 is 0 Å². The number of rotatable bonds is 5. The molecule has 116 valence electrons. The van der Waals surface area contributed by atoms with Crippen molar-refractivity contribution in [2.45, 2.75) is 19.7 Å². The summed E-state index contributed by atoms with van der Waals surface area (Å²) in [4.78, 5) is 14.0. The van der Waals surface area contributed by atoms with Crippen molar-refractivity contribution < 1.29 is 9.21 Å². The van der Waals surface area contributed by atoms with Gasteiger partial charge in [0.25, 0.3) is 5.91 Å². The first-order valence-corrected chi connectivity index (χ1v) is 7.67. The fourth-order valence-electron chi connectivity index (χ4n) is 2.27. The molecule has 4 heteroatoms. The zero-order valence-electron chi connectivity index (χ0n) is 13.1. The molecule has 0 bridgehead atoms. The molecular weight excluding hydrogens is 298 g/mol. The average molecular weight is 318 g/mol. The molecule has 0 radical (unpaired) electrons. The molecule has 0 saturated heterocycles. The molecule has 1 amide bonds. The van der Waals surface area contributed by atoms with E-state index in [4.69, 9.17) is 16.0 Å². The summed E-state index contributed by atoms with van der Waals surface area (Å²) in [7, 11) is 1.77. The molecule has 2 rings (SSSR count).